The molecule has 0 spiro atoms. The van der Waals surface area contributed by atoms with Crippen LogP contribution in [0.15, 0.2) is 18.2 Å². The molecule has 0 bridgehead atoms. The molecule has 1 aliphatic heterocycles. The first-order valence-electron chi connectivity index (χ1n) is 7.18. The summed E-state index contributed by atoms with van der Waals surface area (Å²) in [5, 5.41) is 0. The third kappa shape index (κ3) is 3.26. The minimum Gasteiger partial charge on any atom is -0.494 e. The third-order valence-corrected chi connectivity index (χ3v) is 3.66. The number of rotatable bonds is 7. The minimum atomic E-state index is 0.506. The van der Waals surface area contributed by atoms with E-state index in [1.807, 2.05) is 6.92 Å². The van der Waals surface area contributed by atoms with Gasteiger partial charge in [0.05, 0.1) is 18.8 Å². The van der Waals surface area contributed by atoms with Crippen molar-refractivity contribution in [2.45, 2.75) is 58.7 Å². The maximum atomic E-state index is 5.60. The van der Waals surface area contributed by atoms with Gasteiger partial charge in [-0.25, -0.2) is 0 Å². The smallest absolute Gasteiger partial charge is 0.119 e. The van der Waals surface area contributed by atoms with Crippen molar-refractivity contribution in [2.75, 3.05) is 6.61 Å². The van der Waals surface area contributed by atoms with Gasteiger partial charge in [-0.3, -0.25) is 0 Å². The molecule has 0 aliphatic carbocycles. The molecule has 0 amide bonds. The van der Waals surface area contributed by atoms with Gasteiger partial charge in [-0.15, -0.1) is 0 Å². The predicted molar refractivity (Wildman–Crippen MR) is 74.3 cm³/mol. The number of epoxide rings is 1. The molecular weight excluding hydrogens is 224 g/mol. The van der Waals surface area contributed by atoms with Crippen LogP contribution in [0.3, 0.4) is 0 Å². The van der Waals surface area contributed by atoms with Crippen LogP contribution in [0, 0.1) is 0 Å². The van der Waals surface area contributed by atoms with Crippen LogP contribution in [0.4, 0.5) is 0 Å². The average Bonchev–Trinajstić information content (AvgIpc) is 3.16. The van der Waals surface area contributed by atoms with Crippen molar-refractivity contribution >= 4 is 0 Å². The summed E-state index contributed by atoms with van der Waals surface area (Å²) < 4.78 is 11.2. The maximum absolute atomic E-state index is 5.60. The summed E-state index contributed by atoms with van der Waals surface area (Å²) in [6.45, 7) is 7.15. The molecule has 0 aromatic heterocycles. The van der Waals surface area contributed by atoms with Crippen molar-refractivity contribution in [1.82, 2.24) is 0 Å². The highest BCUT2D eigenvalue weighted by molar-refractivity contribution is 5.36. The highest BCUT2D eigenvalue weighted by atomic mass is 16.6. The van der Waals surface area contributed by atoms with E-state index in [0.29, 0.717) is 12.2 Å². The van der Waals surface area contributed by atoms with Gasteiger partial charge >= 0.3 is 0 Å². The van der Waals surface area contributed by atoms with Gasteiger partial charge in [0.25, 0.3) is 0 Å². The second kappa shape index (κ2) is 6.24. The van der Waals surface area contributed by atoms with Crippen molar-refractivity contribution in [3.63, 3.8) is 0 Å². The fraction of sp³-hybridized carbons (Fsp3) is 0.625. The Morgan fingerprint density at radius 3 is 2.56 bits per heavy atom. The molecule has 2 heteroatoms. The number of aryl methyl sites for hydroxylation is 2. The van der Waals surface area contributed by atoms with E-state index in [0.717, 1.165) is 38.0 Å². The zero-order chi connectivity index (χ0) is 13.0. The van der Waals surface area contributed by atoms with Crippen molar-refractivity contribution in [1.29, 1.82) is 0 Å². The van der Waals surface area contributed by atoms with Crippen LogP contribution in [0.5, 0.6) is 5.75 Å². The lowest BCUT2D eigenvalue weighted by Gasteiger charge is -2.10. The first-order valence-corrected chi connectivity index (χ1v) is 7.18. The highest BCUT2D eigenvalue weighted by Crippen LogP contribution is 2.30. The van der Waals surface area contributed by atoms with Gasteiger partial charge < -0.3 is 9.47 Å². The van der Waals surface area contributed by atoms with Crippen LogP contribution in [-0.2, 0) is 17.6 Å². The van der Waals surface area contributed by atoms with Gasteiger partial charge in [-0.05, 0) is 55.9 Å². The summed E-state index contributed by atoms with van der Waals surface area (Å²) in [6, 6.07) is 6.49. The van der Waals surface area contributed by atoms with E-state index in [4.69, 9.17) is 9.47 Å². The SMILES string of the molecule is CCOc1ccc(CCC2OC2CC)c(CC)c1. The normalized spacial score (nSPS) is 21.9. The minimum absolute atomic E-state index is 0.506. The van der Waals surface area contributed by atoms with Crippen LogP contribution < -0.4 is 4.74 Å². The molecule has 1 fully saturated rings. The standard InChI is InChI=1S/C16H24O2/c1-4-12-11-14(17-6-3)9-7-13(12)8-10-16-15(5-2)18-16/h7,9,11,15-16H,4-6,8,10H2,1-3H3. The van der Waals surface area contributed by atoms with Gasteiger partial charge in [0.2, 0.25) is 0 Å². The molecule has 100 valence electrons. The van der Waals surface area contributed by atoms with Gasteiger partial charge in [-0.2, -0.15) is 0 Å². The van der Waals surface area contributed by atoms with E-state index in [1.165, 1.54) is 11.1 Å². The zero-order valence-electron chi connectivity index (χ0n) is 11.7. The molecular formula is C16H24O2. The largest absolute Gasteiger partial charge is 0.494 e. The number of benzene rings is 1. The summed E-state index contributed by atoms with van der Waals surface area (Å²) in [5.41, 5.74) is 2.86. The monoisotopic (exact) mass is 248 g/mol. The Morgan fingerprint density at radius 1 is 1.11 bits per heavy atom. The molecule has 18 heavy (non-hydrogen) atoms. The number of ether oxygens (including phenoxy) is 2. The molecule has 0 N–H and O–H groups in total. The van der Waals surface area contributed by atoms with Crippen molar-refractivity contribution < 1.29 is 9.47 Å². The van der Waals surface area contributed by atoms with E-state index < -0.39 is 0 Å². The average molecular weight is 248 g/mol. The summed E-state index contributed by atoms with van der Waals surface area (Å²) in [5.74, 6) is 0.993. The molecule has 1 aromatic carbocycles. The summed E-state index contributed by atoms with van der Waals surface area (Å²) in [4.78, 5) is 0. The van der Waals surface area contributed by atoms with Crippen molar-refractivity contribution in [3.05, 3.63) is 29.3 Å². The second-order valence-electron chi connectivity index (χ2n) is 4.88. The maximum Gasteiger partial charge on any atom is 0.119 e. The van der Waals surface area contributed by atoms with Gasteiger partial charge in [0, 0.05) is 0 Å². The Labute approximate surface area is 110 Å². The lowest BCUT2D eigenvalue weighted by Crippen LogP contribution is -2.00. The van der Waals surface area contributed by atoms with Crippen molar-refractivity contribution in [2.24, 2.45) is 0 Å². The van der Waals surface area contributed by atoms with Crippen LogP contribution in [0.1, 0.15) is 44.7 Å². The van der Waals surface area contributed by atoms with Gasteiger partial charge in [0.1, 0.15) is 5.75 Å². The molecule has 1 aromatic rings. The summed E-state index contributed by atoms with van der Waals surface area (Å²) in [6.07, 6.45) is 5.52. The quantitative estimate of drug-likeness (QED) is 0.685. The zero-order valence-corrected chi connectivity index (χ0v) is 11.7. The molecule has 0 saturated carbocycles. The fourth-order valence-electron chi connectivity index (χ4n) is 2.52. The van der Waals surface area contributed by atoms with E-state index in [2.05, 4.69) is 32.0 Å². The Morgan fingerprint density at radius 2 is 1.94 bits per heavy atom. The van der Waals surface area contributed by atoms with Crippen LogP contribution in [0.25, 0.3) is 0 Å². The first kappa shape index (κ1) is 13.4. The van der Waals surface area contributed by atoms with Crippen LogP contribution in [0.2, 0.25) is 0 Å². The Kier molecular flexibility index (Phi) is 4.65. The second-order valence-corrected chi connectivity index (χ2v) is 4.88. The number of hydrogen-bond donors (Lipinski definition) is 0. The van der Waals surface area contributed by atoms with E-state index in [-0.39, 0.29) is 0 Å². The fourth-order valence-corrected chi connectivity index (χ4v) is 2.52. The van der Waals surface area contributed by atoms with Crippen LogP contribution in [-0.4, -0.2) is 18.8 Å². The molecule has 2 rings (SSSR count). The third-order valence-electron chi connectivity index (χ3n) is 3.66. The summed E-state index contributed by atoms with van der Waals surface area (Å²) in [7, 11) is 0. The van der Waals surface area contributed by atoms with Crippen molar-refractivity contribution in [3.8, 4) is 5.75 Å². The molecule has 2 atom stereocenters. The number of hydrogen-bond acceptors (Lipinski definition) is 2. The van der Waals surface area contributed by atoms with Gasteiger partial charge in [0.15, 0.2) is 0 Å². The molecule has 2 unspecified atom stereocenters. The van der Waals surface area contributed by atoms with Crippen LogP contribution >= 0.6 is 0 Å². The topological polar surface area (TPSA) is 21.8 Å². The molecule has 1 saturated heterocycles. The lowest BCUT2D eigenvalue weighted by molar-refractivity contribution is 0.339. The summed E-state index contributed by atoms with van der Waals surface area (Å²) >= 11 is 0. The highest BCUT2D eigenvalue weighted by Gasteiger charge is 2.36. The van der Waals surface area contributed by atoms with E-state index >= 15 is 0 Å². The van der Waals surface area contributed by atoms with E-state index in [1.54, 1.807) is 0 Å². The molecule has 0 radical (unpaired) electrons. The Bertz CT molecular complexity index is 387. The lowest BCUT2D eigenvalue weighted by atomic mass is 9.99. The molecule has 1 heterocycles. The van der Waals surface area contributed by atoms with Gasteiger partial charge in [-0.1, -0.05) is 19.9 Å². The first-order chi connectivity index (χ1) is 8.78. The molecule has 1 aliphatic rings. The molecule has 2 nitrogen and oxygen atoms in total. The van der Waals surface area contributed by atoms with E-state index in [9.17, 15) is 0 Å². The Balaban J connectivity index is 1.94. The Hall–Kier alpha value is -1.02. The predicted octanol–water partition coefficient (Wildman–Crippen LogP) is 3.76.